The predicted octanol–water partition coefficient (Wildman–Crippen LogP) is 2.23. The van der Waals surface area contributed by atoms with E-state index in [4.69, 9.17) is 0 Å². The van der Waals surface area contributed by atoms with Crippen LogP contribution in [0.15, 0.2) is 18.2 Å². The van der Waals surface area contributed by atoms with E-state index in [0.717, 1.165) is 16.8 Å². The van der Waals surface area contributed by atoms with Gasteiger partial charge in [-0.3, -0.25) is 9.59 Å². The van der Waals surface area contributed by atoms with E-state index in [1.54, 1.807) is 0 Å². The van der Waals surface area contributed by atoms with Crippen LogP contribution in [0.4, 0.5) is 5.69 Å². The first-order valence-corrected chi connectivity index (χ1v) is 6.52. The Morgan fingerprint density at radius 2 is 2.11 bits per heavy atom. The number of carbonyl (C=O) groups excluding carboxylic acids is 2. The van der Waals surface area contributed by atoms with Gasteiger partial charge in [0, 0.05) is 18.7 Å². The van der Waals surface area contributed by atoms with Crippen molar-refractivity contribution in [2.75, 3.05) is 5.32 Å². The van der Waals surface area contributed by atoms with Crippen LogP contribution in [-0.4, -0.2) is 11.8 Å². The van der Waals surface area contributed by atoms with Gasteiger partial charge in [-0.1, -0.05) is 32.9 Å². The lowest BCUT2D eigenvalue weighted by atomic mass is 9.92. The molecule has 2 rings (SSSR count). The normalized spacial score (nSPS) is 13.9. The van der Waals surface area contributed by atoms with Crippen molar-refractivity contribution in [2.24, 2.45) is 5.41 Å². The van der Waals surface area contributed by atoms with Gasteiger partial charge in [0.25, 0.3) is 0 Å². The molecule has 1 aromatic carbocycles. The third-order valence-corrected chi connectivity index (χ3v) is 2.98. The standard InChI is InChI=1S/C15H20N2O2/c1-15(2,3)8-14(19)16-9-10-4-5-12-11(6-10)7-13(18)17-12/h4-6H,7-9H2,1-3H3,(H,16,19)(H,17,18). The number of amides is 2. The quantitative estimate of drug-likeness (QED) is 0.875. The first kappa shape index (κ1) is 13.6. The minimum atomic E-state index is -0.00163. The first-order valence-electron chi connectivity index (χ1n) is 6.52. The molecule has 0 bridgehead atoms. The second kappa shape index (κ2) is 5.03. The minimum absolute atomic E-state index is 0.00163. The van der Waals surface area contributed by atoms with Crippen molar-refractivity contribution in [3.8, 4) is 0 Å². The zero-order valence-corrected chi connectivity index (χ0v) is 11.7. The van der Waals surface area contributed by atoms with Crippen molar-refractivity contribution in [2.45, 2.75) is 40.2 Å². The van der Waals surface area contributed by atoms with Gasteiger partial charge in [0.1, 0.15) is 0 Å². The van der Waals surface area contributed by atoms with Crippen molar-refractivity contribution in [3.05, 3.63) is 29.3 Å². The molecule has 0 unspecified atom stereocenters. The molecule has 0 saturated carbocycles. The highest BCUT2D eigenvalue weighted by Gasteiger charge is 2.18. The molecule has 0 spiro atoms. The number of nitrogens with one attached hydrogen (secondary N) is 2. The van der Waals surface area contributed by atoms with Crippen LogP contribution < -0.4 is 10.6 Å². The summed E-state index contributed by atoms with van der Waals surface area (Å²) in [5, 5.41) is 5.71. The Labute approximate surface area is 113 Å². The van der Waals surface area contributed by atoms with Gasteiger partial charge in [-0.25, -0.2) is 0 Å². The van der Waals surface area contributed by atoms with Gasteiger partial charge >= 0.3 is 0 Å². The van der Waals surface area contributed by atoms with Crippen LogP contribution >= 0.6 is 0 Å². The number of benzene rings is 1. The fourth-order valence-electron chi connectivity index (χ4n) is 2.14. The SMILES string of the molecule is CC(C)(C)CC(=O)NCc1ccc2c(c1)CC(=O)N2. The molecule has 1 heterocycles. The van der Waals surface area contributed by atoms with E-state index in [9.17, 15) is 9.59 Å². The molecule has 1 aliphatic rings. The zero-order valence-electron chi connectivity index (χ0n) is 11.7. The highest BCUT2D eigenvalue weighted by Crippen LogP contribution is 2.24. The monoisotopic (exact) mass is 260 g/mol. The second-order valence-corrected chi connectivity index (χ2v) is 6.23. The van der Waals surface area contributed by atoms with Crippen LogP contribution in [0.5, 0.6) is 0 Å². The molecule has 0 atom stereocenters. The molecule has 4 heteroatoms. The van der Waals surface area contributed by atoms with Gasteiger partial charge in [0.05, 0.1) is 6.42 Å². The summed E-state index contributed by atoms with van der Waals surface area (Å²) in [5.41, 5.74) is 2.91. The van der Waals surface area contributed by atoms with Crippen molar-refractivity contribution >= 4 is 17.5 Å². The zero-order chi connectivity index (χ0) is 14.0. The minimum Gasteiger partial charge on any atom is -0.352 e. The van der Waals surface area contributed by atoms with Crippen LogP contribution in [0.3, 0.4) is 0 Å². The van der Waals surface area contributed by atoms with Crippen molar-refractivity contribution in [1.29, 1.82) is 0 Å². The number of anilines is 1. The summed E-state index contributed by atoms with van der Waals surface area (Å²) in [7, 11) is 0. The Morgan fingerprint density at radius 1 is 1.37 bits per heavy atom. The number of hydrogen-bond donors (Lipinski definition) is 2. The maximum Gasteiger partial charge on any atom is 0.228 e. The van der Waals surface area contributed by atoms with E-state index >= 15 is 0 Å². The van der Waals surface area contributed by atoms with Crippen molar-refractivity contribution in [3.63, 3.8) is 0 Å². The van der Waals surface area contributed by atoms with E-state index in [2.05, 4.69) is 10.6 Å². The third-order valence-electron chi connectivity index (χ3n) is 2.98. The lowest BCUT2D eigenvalue weighted by Crippen LogP contribution is -2.27. The van der Waals surface area contributed by atoms with E-state index in [-0.39, 0.29) is 17.2 Å². The van der Waals surface area contributed by atoms with Gasteiger partial charge in [-0.15, -0.1) is 0 Å². The molecule has 0 fully saturated rings. The molecule has 1 aliphatic heterocycles. The number of carbonyl (C=O) groups is 2. The molecular formula is C15H20N2O2. The summed E-state index contributed by atoms with van der Waals surface area (Å²) in [6.07, 6.45) is 0.942. The lowest BCUT2D eigenvalue weighted by Gasteiger charge is -2.17. The molecule has 0 aliphatic carbocycles. The predicted molar refractivity (Wildman–Crippen MR) is 74.7 cm³/mol. The summed E-state index contributed by atoms with van der Waals surface area (Å²) in [6, 6.07) is 5.80. The van der Waals surface area contributed by atoms with Gasteiger partial charge in [-0.05, 0) is 22.6 Å². The van der Waals surface area contributed by atoms with E-state index in [1.807, 2.05) is 39.0 Å². The molecule has 2 amide bonds. The van der Waals surface area contributed by atoms with Gasteiger partial charge in [0.2, 0.25) is 11.8 Å². The van der Waals surface area contributed by atoms with Crippen LogP contribution in [0.1, 0.15) is 38.3 Å². The van der Waals surface area contributed by atoms with Crippen LogP contribution in [0, 0.1) is 5.41 Å². The van der Waals surface area contributed by atoms with E-state index < -0.39 is 0 Å². The number of rotatable bonds is 3. The Kier molecular flexibility index (Phi) is 3.60. The topological polar surface area (TPSA) is 58.2 Å². The van der Waals surface area contributed by atoms with E-state index in [1.165, 1.54) is 0 Å². The highest BCUT2D eigenvalue weighted by molar-refractivity contribution is 5.99. The third kappa shape index (κ3) is 3.81. The maximum absolute atomic E-state index is 11.7. The summed E-state index contributed by atoms with van der Waals surface area (Å²) < 4.78 is 0. The van der Waals surface area contributed by atoms with Crippen LogP contribution in [0.2, 0.25) is 0 Å². The fourth-order valence-corrected chi connectivity index (χ4v) is 2.14. The first-order chi connectivity index (χ1) is 8.83. The molecule has 4 nitrogen and oxygen atoms in total. The maximum atomic E-state index is 11.7. The summed E-state index contributed by atoms with van der Waals surface area (Å²) in [5.74, 6) is 0.0890. The average molecular weight is 260 g/mol. The molecule has 0 radical (unpaired) electrons. The second-order valence-electron chi connectivity index (χ2n) is 6.23. The van der Waals surface area contributed by atoms with Crippen molar-refractivity contribution in [1.82, 2.24) is 5.32 Å². The highest BCUT2D eigenvalue weighted by atomic mass is 16.2. The molecule has 19 heavy (non-hydrogen) atoms. The van der Waals surface area contributed by atoms with Crippen molar-refractivity contribution < 1.29 is 9.59 Å². The van der Waals surface area contributed by atoms with E-state index in [0.29, 0.717) is 19.4 Å². The van der Waals surface area contributed by atoms with Crippen LogP contribution in [0.25, 0.3) is 0 Å². The summed E-state index contributed by atoms with van der Waals surface area (Å²) in [4.78, 5) is 23.0. The molecule has 0 saturated heterocycles. The van der Waals surface area contributed by atoms with Gasteiger partial charge in [0.15, 0.2) is 0 Å². The molecule has 102 valence electrons. The average Bonchev–Trinajstić information content (AvgIpc) is 2.63. The largest absolute Gasteiger partial charge is 0.352 e. The van der Waals surface area contributed by atoms with Gasteiger partial charge in [-0.2, -0.15) is 0 Å². The Balaban J connectivity index is 1.93. The number of hydrogen-bond acceptors (Lipinski definition) is 2. The molecular weight excluding hydrogens is 240 g/mol. The summed E-state index contributed by atoms with van der Waals surface area (Å²) >= 11 is 0. The Morgan fingerprint density at radius 3 is 2.79 bits per heavy atom. The molecule has 1 aromatic rings. The molecule has 2 N–H and O–H groups in total. The number of fused-ring (bicyclic) bond motifs is 1. The fraction of sp³-hybridized carbons (Fsp3) is 0.467. The Bertz CT molecular complexity index is 515. The van der Waals surface area contributed by atoms with Gasteiger partial charge < -0.3 is 10.6 Å². The molecule has 0 aromatic heterocycles. The Hall–Kier alpha value is -1.84. The van der Waals surface area contributed by atoms with Crippen LogP contribution in [-0.2, 0) is 22.6 Å². The summed E-state index contributed by atoms with van der Waals surface area (Å²) in [6.45, 7) is 6.63. The lowest BCUT2D eigenvalue weighted by molar-refractivity contribution is -0.123. The smallest absolute Gasteiger partial charge is 0.228 e.